The van der Waals surface area contributed by atoms with E-state index < -0.39 is 0 Å². The maximum atomic E-state index is 6.23. The molecular formula is C16H23ClN2O2. The number of nitrogens with zero attached hydrogens (tertiary/aromatic N) is 1. The van der Waals surface area contributed by atoms with Crippen LogP contribution in [0.1, 0.15) is 24.8 Å². The number of hydrogen-bond donors (Lipinski definition) is 1. The maximum absolute atomic E-state index is 6.23. The second kappa shape index (κ2) is 7.34. The van der Waals surface area contributed by atoms with Crippen LogP contribution < -0.4 is 14.8 Å². The summed E-state index contributed by atoms with van der Waals surface area (Å²) in [6.45, 7) is 6.76. The lowest BCUT2D eigenvalue weighted by atomic mass is 10.2. The van der Waals surface area contributed by atoms with Crippen LogP contribution in [0.2, 0.25) is 5.02 Å². The predicted octanol–water partition coefficient (Wildman–Crippen LogP) is 2.69. The Morgan fingerprint density at radius 2 is 1.95 bits per heavy atom. The molecular weight excluding hydrogens is 288 g/mol. The van der Waals surface area contributed by atoms with E-state index in [0.717, 1.165) is 24.4 Å². The van der Waals surface area contributed by atoms with Gasteiger partial charge in [0.05, 0.1) is 5.02 Å². The van der Waals surface area contributed by atoms with Crippen molar-refractivity contribution < 1.29 is 9.47 Å². The zero-order valence-electron chi connectivity index (χ0n) is 12.4. The molecule has 1 fully saturated rings. The Balaban J connectivity index is 1.43. The molecule has 5 heteroatoms. The molecule has 2 aliphatic rings. The van der Waals surface area contributed by atoms with Gasteiger partial charge in [0.2, 0.25) is 0 Å². The Labute approximate surface area is 131 Å². The second-order valence-corrected chi connectivity index (χ2v) is 6.09. The number of benzene rings is 1. The first-order chi connectivity index (χ1) is 10.3. The van der Waals surface area contributed by atoms with Crippen LogP contribution in [0, 0.1) is 0 Å². The van der Waals surface area contributed by atoms with E-state index in [9.17, 15) is 0 Å². The number of halogens is 1. The van der Waals surface area contributed by atoms with Crippen LogP contribution in [0.5, 0.6) is 11.5 Å². The standard InChI is InChI=1S/C16H23ClN2O2/c17-14-10-13(11-15-16(14)21-9-8-20-15)12-18-4-3-7-19-5-1-2-6-19/h10-11,18H,1-9,12H2. The highest BCUT2D eigenvalue weighted by atomic mass is 35.5. The Kier molecular flexibility index (Phi) is 5.22. The molecule has 0 bridgehead atoms. The Morgan fingerprint density at radius 3 is 2.81 bits per heavy atom. The number of likely N-dealkylation sites (tertiary alicyclic amines) is 1. The summed E-state index contributed by atoms with van der Waals surface area (Å²) in [6.07, 6.45) is 3.92. The lowest BCUT2D eigenvalue weighted by Crippen LogP contribution is -2.24. The lowest BCUT2D eigenvalue weighted by molar-refractivity contribution is 0.171. The largest absolute Gasteiger partial charge is 0.486 e. The molecule has 1 aromatic rings. The van der Waals surface area contributed by atoms with Crippen molar-refractivity contribution in [1.29, 1.82) is 0 Å². The Bertz CT molecular complexity index is 476. The molecule has 1 aromatic carbocycles. The topological polar surface area (TPSA) is 33.7 Å². The Hall–Kier alpha value is -0.970. The van der Waals surface area contributed by atoms with Crippen LogP contribution in [-0.2, 0) is 6.54 Å². The highest BCUT2D eigenvalue weighted by Crippen LogP contribution is 2.38. The van der Waals surface area contributed by atoms with Gasteiger partial charge in [0.15, 0.2) is 11.5 Å². The monoisotopic (exact) mass is 310 g/mol. The van der Waals surface area contributed by atoms with E-state index in [4.69, 9.17) is 21.1 Å². The Morgan fingerprint density at radius 1 is 1.14 bits per heavy atom. The van der Waals surface area contributed by atoms with Crippen LogP contribution in [0.15, 0.2) is 12.1 Å². The van der Waals surface area contributed by atoms with Gasteiger partial charge in [0.1, 0.15) is 13.2 Å². The van der Waals surface area contributed by atoms with Gasteiger partial charge in [-0.15, -0.1) is 0 Å². The number of nitrogens with one attached hydrogen (secondary N) is 1. The van der Waals surface area contributed by atoms with Gasteiger partial charge in [-0.1, -0.05) is 11.6 Å². The lowest BCUT2D eigenvalue weighted by Gasteiger charge is -2.20. The van der Waals surface area contributed by atoms with Crippen LogP contribution in [0.25, 0.3) is 0 Å². The molecule has 21 heavy (non-hydrogen) atoms. The normalized spacial score (nSPS) is 18.1. The van der Waals surface area contributed by atoms with Gasteiger partial charge in [0, 0.05) is 6.54 Å². The van der Waals surface area contributed by atoms with E-state index in [1.54, 1.807) is 0 Å². The molecule has 0 atom stereocenters. The van der Waals surface area contributed by atoms with Crippen molar-refractivity contribution in [2.45, 2.75) is 25.8 Å². The molecule has 2 aliphatic heterocycles. The van der Waals surface area contributed by atoms with Crippen LogP contribution >= 0.6 is 11.6 Å². The summed E-state index contributed by atoms with van der Waals surface area (Å²) in [5.41, 5.74) is 1.14. The fourth-order valence-electron chi connectivity index (χ4n) is 2.93. The molecule has 0 unspecified atom stereocenters. The summed E-state index contributed by atoms with van der Waals surface area (Å²) < 4.78 is 11.1. The molecule has 0 aliphatic carbocycles. The second-order valence-electron chi connectivity index (χ2n) is 5.68. The molecule has 0 amide bonds. The van der Waals surface area contributed by atoms with Gasteiger partial charge in [0.25, 0.3) is 0 Å². The third-order valence-electron chi connectivity index (χ3n) is 4.01. The van der Waals surface area contributed by atoms with Gasteiger partial charge >= 0.3 is 0 Å². The smallest absolute Gasteiger partial charge is 0.179 e. The van der Waals surface area contributed by atoms with Crippen molar-refractivity contribution in [2.75, 3.05) is 39.4 Å². The summed E-state index contributed by atoms with van der Waals surface area (Å²) in [5, 5.41) is 4.12. The molecule has 1 N–H and O–H groups in total. The minimum absolute atomic E-state index is 0.570. The third-order valence-corrected chi connectivity index (χ3v) is 4.29. The van der Waals surface area contributed by atoms with Crippen molar-refractivity contribution in [1.82, 2.24) is 10.2 Å². The number of ether oxygens (including phenoxy) is 2. The zero-order chi connectivity index (χ0) is 14.5. The molecule has 0 radical (unpaired) electrons. The van der Waals surface area contributed by atoms with Crippen molar-refractivity contribution in [3.05, 3.63) is 22.7 Å². The fraction of sp³-hybridized carbons (Fsp3) is 0.625. The predicted molar refractivity (Wildman–Crippen MR) is 84.4 cm³/mol. The minimum atomic E-state index is 0.570. The fourth-order valence-corrected chi connectivity index (χ4v) is 3.22. The van der Waals surface area contributed by atoms with Crippen LogP contribution in [-0.4, -0.2) is 44.3 Å². The summed E-state index contributed by atoms with van der Waals surface area (Å²) in [7, 11) is 0. The molecule has 0 aromatic heterocycles. The molecule has 4 nitrogen and oxygen atoms in total. The average Bonchev–Trinajstić information content (AvgIpc) is 3.00. The molecule has 3 rings (SSSR count). The number of hydrogen-bond acceptors (Lipinski definition) is 4. The quantitative estimate of drug-likeness (QED) is 0.819. The molecule has 1 saturated heterocycles. The molecule has 2 heterocycles. The maximum Gasteiger partial charge on any atom is 0.179 e. The van der Waals surface area contributed by atoms with E-state index in [0.29, 0.717) is 24.0 Å². The number of fused-ring (bicyclic) bond motifs is 1. The average molecular weight is 311 g/mol. The van der Waals surface area contributed by atoms with E-state index in [-0.39, 0.29) is 0 Å². The minimum Gasteiger partial charge on any atom is -0.486 e. The molecule has 0 saturated carbocycles. The SMILES string of the molecule is Clc1cc(CNCCCN2CCCC2)cc2c1OCCO2. The van der Waals surface area contributed by atoms with Crippen molar-refractivity contribution in [3.63, 3.8) is 0 Å². The van der Waals surface area contributed by atoms with Crippen molar-refractivity contribution in [3.8, 4) is 11.5 Å². The van der Waals surface area contributed by atoms with E-state index >= 15 is 0 Å². The molecule has 116 valence electrons. The van der Waals surface area contributed by atoms with Gasteiger partial charge in [-0.25, -0.2) is 0 Å². The van der Waals surface area contributed by atoms with Gasteiger partial charge < -0.3 is 19.7 Å². The van der Waals surface area contributed by atoms with Gasteiger partial charge in [-0.2, -0.15) is 0 Å². The van der Waals surface area contributed by atoms with Crippen molar-refractivity contribution >= 4 is 11.6 Å². The summed E-state index contributed by atoms with van der Waals surface area (Å²) >= 11 is 6.23. The highest BCUT2D eigenvalue weighted by Gasteiger charge is 2.16. The third kappa shape index (κ3) is 4.02. The van der Waals surface area contributed by atoms with E-state index in [1.165, 1.54) is 38.9 Å². The van der Waals surface area contributed by atoms with E-state index in [1.807, 2.05) is 12.1 Å². The first-order valence-corrected chi connectivity index (χ1v) is 8.22. The summed E-state index contributed by atoms with van der Waals surface area (Å²) in [5.74, 6) is 1.45. The zero-order valence-corrected chi connectivity index (χ0v) is 13.1. The summed E-state index contributed by atoms with van der Waals surface area (Å²) in [6, 6.07) is 3.98. The van der Waals surface area contributed by atoms with Gasteiger partial charge in [-0.3, -0.25) is 0 Å². The van der Waals surface area contributed by atoms with E-state index in [2.05, 4.69) is 10.2 Å². The molecule has 0 spiro atoms. The highest BCUT2D eigenvalue weighted by molar-refractivity contribution is 6.32. The van der Waals surface area contributed by atoms with Crippen LogP contribution in [0.4, 0.5) is 0 Å². The summed E-state index contributed by atoms with van der Waals surface area (Å²) in [4.78, 5) is 2.54. The van der Waals surface area contributed by atoms with Gasteiger partial charge in [-0.05, 0) is 63.1 Å². The van der Waals surface area contributed by atoms with Crippen molar-refractivity contribution in [2.24, 2.45) is 0 Å². The first-order valence-electron chi connectivity index (χ1n) is 7.84. The number of rotatable bonds is 6. The first kappa shape index (κ1) is 14.9. The van der Waals surface area contributed by atoms with Crippen LogP contribution in [0.3, 0.4) is 0 Å².